The van der Waals surface area contributed by atoms with Gasteiger partial charge in [-0.1, -0.05) is 35.3 Å². The van der Waals surface area contributed by atoms with E-state index >= 15 is 0 Å². The molecule has 0 atom stereocenters. The van der Waals surface area contributed by atoms with E-state index < -0.39 is 11.3 Å². The Hall–Kier alpha value is -3.73. The molecule has 2 N–H and O–H groups in total. The second-order valence-electron chi connectivity index (χ2n) is 7.64. The number of hydrogen-bond acceptors (Lipinski definition) is 8. The number of carbonyl (C=O) groups excluding carboxylic acids is 2. The van der Waals surface area contributed by atoms with Gasteiger partial charge in [-0.3, -0.25) is 14.6 Å². The molecular formula is C24H20Cl3N5O5. The van der Waals surface area contributed by atoms with Crippen molar-refractivity contribution in [3.8, 4) is 23.3 Å². The van der Waals surface area contributed by atoms with E-state index in [1.807, 2.05) is 0 Å². The monoisotopic (exact) mass is 563 g/mol. The summed E-state index contributed by atoms with van der Waals surface area (Å²) in [5.41, 5.74) is 7.14. The number of aromatic nitrogens is 2. The Morgan fingerprint density at radius 1 is 1.19 bits per heavy atom. The fraction of sp³-hybridized carbons (Fsp3) is 0.167. The summed E-state index contributed by atoms with van der Waals surface area (Å²) in [6.07, 6.45) is 4.11. The highest BCUT2D eigenvalue weighted by Crippen LogP contribution is 2.48. The minimum atomic E-state index is -0.646. The van der Waals surface area contributed by atoms with Crippen LogP contribution < -0.4 is 29.7 Å². The largest absolute Gasteiger partial charge is 0.495 e. The lowest BCUT2D eigenvalue weighted by molar-refractivity contribution is -0.107. The summed E-state index contributed by atoms with van der Waals surface area (Å²) in [5.74, 6) is 1.16. The van der Waals surface area contributed by atoms with Crippen molar-refractivity contribution in [3.63, 3.8) is 0 Å². The van der Waals surface area contributed by atoms with Gasteiger partial charge in [0.15, 0.2) is 5.75 Å². The standard InChI is InChI=1S/C24H20Cl3N5O5/c1-31-22-13(11-29-23(30-22)37-15-7-4-3-6-14(15)28)12-32(24(31)34)21-19(26)16(35-2)10-17(20(21)27)36-9-5-8-18(25)33/h3-8,10-11H,9,12,28H2,1-2H3/b8-5-. The average Bonchev–Trinajstić information content (AvgIpc) is 2.87. The molecule has 1 aliphatic heterocycles. The summed E-state index contributed by atoms with van der Waals surface area (Å²) < 4.78 is 16.7. The quantitative estimate of drug-likeness (QED) is 0.218. The first-order valence-corrected chi connectivity index (χ1v) is 11.8. The number of para-hydroxylation sites is 2. The van der Waals surface area contributed by atoms with Gasteiger partial charge in [-0.25, -0.2) is 9.78 Å². The molecule has 0 fully saturated rings. The van der Waals surface area contributed by atoms with Crippen LogP contribution in [0.3, 0.4) is 0 Å². The highest BCUT2D eigenvalue weighted by molar-refractivity contribution is 6.66. The summed E-state index contributed by atoms with van der Waals surface area (Å²) in [4.78, 5) is 35.7. The maximum atomic E-state index is 13.4. The Bertz CT molecular complexity index is 1400. The summed E-state index contributed by atoms with van der Waals surface area (Å²) >= 11 is 18.5. The van der Waals surface area contributed by atoms with Crippen molar-refractivity contribution in [2.75, 3.05) is 36.3 Å². The lowest BCUT2D eigenvalue weighted by Crippen LogP contribution is -2.46. The number of nitrogens with two attached hydrogens (primary N) is 1. The third-order valence-corrected chi connectivity index (χ3v) is 6.14. The van der Waals surface area contributed by atoms with E-state index in [1.165, 1.54) is 29.1 Å². The minimum Gasteiger partial charge on any atom is -0.495 e. The van der Waals surface area contributed by atoms with Crippen molar-refractivity contribution < 1.29 is 23.8 Å². The van der Waals surface area contributed by atoms with Crippen LogP contribution >= 0.6 is 34.8 Å². The van der Waals surface area contributed by atoms with E-state index in [0.717, 1.165) is 6.08 Å². The van der Waals surface area contributed by atoms with Crippen molar-refractivity contribution in [1.29, 1.82) is 0 Å². The van der Waals surface area contributed by atoms with Gasteiger partial charge >= 0.3 is 12.0 Å². The number of nitrogens with zero attached hydrogens (tertiary/aromatic N) is 4. The van der Waals surface area contributed by atoms with Gasteiger partial charge in [0.05, 0.1) is 25.0 Å². The molecule has 1 aromatic heterocycles. The predicted molar refractivity (Wildman–Crippen MR) is 141 cm³/mol. The van der Waals surface area contributed by atoms with Crippen molar-refractivity contribution >= 4 is 63.3 Å². The van der Waals surface area contributed by atoms with Crippen molar-refractivity contribution in [1.82, 2.24) is 9.97 Å². The van der Waals surface area contributed by atoms with E-state index in [1.54, 1.807) is 37.5 Å². The number of hydrogen-bond donors (Lipinski definition) is 1. The third-order valence-electron chi connectivity index (χ3n) is 5.29. The van der Waals surface area contributed by atoms with Gasteiger partial charge in [-0.15, -0.1) is 0 Å². The highest BCUT2D eigenvalue weighted by atomic mass is 35.5. The molecule has 4 rings (SSSR count). The lowest BCUT2D eigenvalue weighted by Gasteiger charge is -2.35. The second kappa shape index (κ2) is 11.1. The number of urea groups is 1. The molecule has 2 amide bonds. The molecule has 37 heavy (non-hydrogen) atoms. The maximum Gasteiger partial charge on any atom is 0.330 e. The fourth-order valence-corrected chi connectivity index (χ4v) is 4.31. The Labute approximate surface area is 227 Å². The zero-order valence-corrected chi connectivity index (χ0v) is 21.8. The molecule has 3 aromatic rings. The molecule has 2 aromatic carbocycles. The molecule has 0 spiro atoms. The second-order valence-corrected chi connectivity index (χ2v) is 8.77. The number of halogens is 3. The Kier molecular flexibility index (Phi) is 7.91. The van der Waals surface area contributed by atoms with Crippen molar-refractivity contribution in [2.45, 2.75) is 6.54 Å². The van der Waals surface area contributed by atoms with Gasteiger partial charge in [-0.05, 0) is 35.9 Å². The Morgan fingerprint density at radius 2 is 1.92 bits per heavy atom. The molecule has 10 nitrogen and oxygen atoms in total. The highest BCUT2D eigenvalue weighted by Gasteiger charge is 2.35. The van der Waals surface area contributed by atoms with Gasteiger partial charge in [0.2, 0.25) is 5.24 Å². The number of anilines is 3. The molecule has 0 unspecified atom stereocenters. The first-order valence-electron chi connectivity index (χ1n) is 10.7. The summed E-state index contributed by atoms with van der Waals surface area (Å²) in [6, 6.07) is 7.97. The summed E-state index contributed by atoms with van der Waals surface area (Å²) in [5, 5.41) is -0.466. The minimum absolute atomic E-state index is 0.0123. The zero-order chi connectivity index (χ0) is 26.7. The lowest BCUT2D eigenvalue weighted by atomic mass is 10.2. The summed E-state index contributed by atoms with van der Waals surface area (Å²) in [7, 11) is 2.97. The number of carbonyl (C=O) groups is 2. The number of benzene rings is 2. The average molecular weight is 565 g/mol. The molecule has 0 saturated carbocycles. The van der Waals surface area contributed by atoms with Gasteiger partial charge < -0.3 is 19.9 Å². The van der Waals surface area contributed by atoms with E-state index in [2.05, 4.69) is 9.97 Å². The molecule has 0 bridgehead atoms. The first-order chi connectivity index (χ1) is 17.7. The molecule has 2 heterocycles. The zero-order valence-electron chi connectivity index (χ0n) is 19.6. The van der Waals surface area contributed by atoms with Crippen LogP contribution in [0.2, 0.25) is 10.0 Å². The fourth-order valence-electron chi connectivity index (χ4n) is 3.53. The first kappa shape index (κ1) is 26.3. The van der Waals surface area contributed by atoms with Crippen LogP contribution in [0.1, 0.15) is 5.56 Å². The van der Waals surface area contributed by atoms with E-state index in [9.17, 15) is 9.59 Å². The molecular weight excluding hydrogens is 545 g/mol. The molecule has 13 heteroatoms. The van der Waals surface area contributed by atoms with E-state index in [0.29, 0.717) is 22.8 Å². The Balaban J connectivity index is 1.67. The van der Waals surface area contributed by atoms with Crippen LogP contribution in [0.25, 0.3) is 0 Å². The SMILES string of the molecule is COc1cc(OC/C=C\C(=O)Cl)c(Cl)c(N2Cc3cnc(Oc4ccccc4N)nc3N(C)C2=O)c1Cl. The maximum absolute atomic E-state index is 13.4. The number of amides is 2. The van der Waals surface area contributed by atoms with Crippen LogP contribution in [0.5, 0.6) is 23.3 Å². The number of allylic oxidation sites excluding steroid dienone is 1. The van der Waals surface area contributed by atoms with Gasteiger partial charge in [0.25, 0.3) is 0 Å². The molecule has 0 saturated heterocycles. The summed E-state index contributed by atoms with van der Waals surface area (Å²) in [6.45, 7) is 0.0423. The van der Waals surface area contributed by atoms with Crippen molar-refractivity contribution in [2.24, 2.45) is 0 Å². The third kappa shape index (κ3) is 5.51. The topological polar surface area (TPSA) is 120 Å². The molecule has 0 aliphatic carbocycles. The van der Waals surface area contributed by atoms with Gasteiger partial charge in [0.1, 0.15) is 34.0 Å². The number of nitrogen functional groups attached to an aromatic ring is 1. The van der Waals surface area contributed by atoms with Crippen LogP contribution in [0.4, 0.5) is 22.0 Å². The van der Waals surface area contributed by atoms with Crippen LogP contribution in [0, 0.1) is 0 Å². The van der Waals surface area contributed by atoms with Gasteiger partial charge in [-0.2, -0.15) is 4.98 Å². The molecule has 1 aliphatic rings. The Morgan fingerprint density at radius 3 is 2.62 bits per heavy atom. The van der Waals surface area contributed by atoms with Crippen LogP contribution in [-0.2, 0) is 11.3 Å². The normalized spacial score (nSPS) is 13.1. The van der Waals surface area contributed by atoms with Crippen molar-refractivity contribution in [3.05, 3.63) is 64.3 Å². The smallest absolute Gasteiger partial charge is 0.330 e. The van der Waals surface area contributed by atoms with E-state index in [4.69, 9.17) is 54.7 Å². The number of rotatable bonds is 8. The predicted octanol–water partition coefficient (Wildman–Crippen LogP) is 5.44. The molecule has 192 valence electrons. The van der Waals surface area contributed by atoms with Gasteiger partial charge in [0, 0.05) is 24.9 Å². The molecule has 0 radical (unpaired) electrons. The van der Waals surface area contributed by atoms with Crippen LogP contribution in [0.15, 0.2) is 48.7 Å². The number of fused-ring (bicyclic) bond motifs is 1. The number of methoxy groups -OCH3 is 1. The van der Waals surface area contributed by atoms with Crippen LogP contribution in [-0.4, -0.2) is 42.0 Å². The number of ether oxygens (including phenoxy) is 3. The van der Waals surface area contributed by atoms with E-state index in [-0.39, 0.29) is 46.4 Å².